The van der Waals surface area contributed by atoms with Gasteiger partial charge in [0.15, 0.2) is 11.5 Å². The average molecular weight is 1140 g/mol. The summed E-state index contributed by atoms with van der Waals surface area (Å²) in [5.41, 5.74) is 5.21. The van der Waals surface area contributed by atoms with E-state index in [9.17, 15) is 42.3 Å². The molecule has 0 bridgehead atoms. The van der Waals surface area contributed by atoms with Crippen LogP contribution in [-0.4, -0.2) is 125 Å². The quantitative estimate of drug-likeness (QED) is 0.0218. The lowest BCUT2D eigenvalue weighted by Crippen LogP contribution is -2.27. The highest BCUT2D eigenvalue weighted by Gasteiger charge is 2.38. The molecule has 0 saturated heterocycles. The number of allylic oxidation sites excluding steroid dienone is 1. The molecule has 82 heavy (non-hydrogen) atoms. The number of rotatable bonds is 19. The van der Waals surface area contributed by atoms with Crippen LogP contribution in [0.1, 0.15) is 39.7 Å². The van der Waals surface area contributed by atoms with E-state index in [1.807, 2.05) is 54.6 Å². The first kappa shape index (κ1) is 58.0. The highest BCUT2D eigenvalue weighted by molar-refractivity contribution is 8.08. The number of phenolic OH excluding ortho intramolecular Hbond substituents is 1. The molecule has 10 N–H and O–H groups in total. The van der Waals surface area contributed by atoms with Crippen LogP contribution in [0, 0.1) is 0 Å². The number of anilines is 5. The number of halogens is 3. The molecule has 0 saturated carbocycles. The molecule has 0 spiro atoms. The van der Waals surface area contributed by atoms with Gasteiger partial charge in [-0.2, -0.15) is 13.2 Å². The Morgan fingerprint density at radius 3 is 1.89 bits per heavy atom. The second-order valence-corrected chi connectivity index (χ2v) is 18.7. The molecule has 4 heterocycles. The molecule has 1 aromatic heterocycles. The molecule has 6 aromatic rings. The third-order valence-electron chi connectivity index (χ3n) is 11.6. The van der Waals surface area contributed by atoms with Crippen molar-refractivity contribution in [3.8, 4) is 11.5 Å². The second-order valence-electron chi connectivity index (χ2n) is 17.6. The molecule has 0 aliphatic carbocycles. The van der Waals surface area contributed by atoms with Crippen LogP contribution in [0.5, 0.6) is 11.5 Å². The van der Waals surface area contributed by atoms with Gasteiger partial charge in [0.05, 0.1) is 41.9 Å². The number of urea groups is 2. The Morgan fingerprint density at radius 1 is 0.768 bits per heavy atom. The number of aliphatic carboxylic acids is 1. The fourth-order valence-corrected chi connectivity index (χ4v) is 8.93. The van der Waals surface area contributed by atoms with Crippen molar-refractivity contribution in [3.63, 3.8) is 0 Å². The number of carbonyl (C=O) groups is 6. The number of hydrogen-bond acceptors (Lipinski definition) is 17. The minimum atomic E-state index is -5.08. The van der Waals surface area contributed by atoms with E-state index in [0.717, 1.165) is 47.6 Å². The lowest BCUT2D eigenvalue weighted by molar-refractivity contribution is -0.192. The van der Waals surface area contributed by atoms with Gasteiger partial charge in [0.25, 0.3) is 5.91 Å². The molecule has 5 aromatic carbocycles. The number of carbonyl (C=O) groups excluding carboxylic acids is 5. The Morgan fingerprint density at radius 2 is 1.35 bits per heavy atom. The van der Waals surface area contributed by atoms with Gasteiger partial charge >= 0.3 is 30.2 Å². The number of Topliss-reactive ketones (excluding diaryl/α,β-unsaturated/α-hetero) is 1. The molecule has 0 unspecified atom stereocenters. The summed E-state index contributed by atoms with van der Waals surface area (Å²) in [6.07, 6.45) is -1.46. The fraction of sp³-hybridized carbons (Fsp3) is 0.200. The number of carboxylic acid groups (broad SMARTS) is 1. The molecule has 23 nitrogen and oxygen atoms in total. The largest absolute Gasteiger partial charge is 0.504 e. The number of aromatic hydroxyl groups is 1. The van der Waals surface area contributed by atoms with Crippen molar-refractivity contribution in [3.05, 3.63) is 165 Å². The Kier molecular flexibility index (Phi) is 19.2. The van der Waals surface area contributed by atoms with Gasteiger partial charge in [0.2, 0.25) is 5.78 Å². The molecule has 0 atom stereocenters. The van der Waals surface area contributed by atoms with Gasteiger partial charge in [-0.25, -0.2) is 23.9 Å². The van der Waals surface area contributed by atoms with E-state index in [2.05, 4.69) is 62.8 Å². The average Bonchev–Trinajstić information content (AvgIpc) is 4.49. The van der Waals surface area contributed by atoms with Crippen LogP contribution in [-0.2, 0) is 32.1 Å². The smallest absolute Gasteiger partial charge is 0.490 e. The number of nitrogens with zero attached hydrogens (tertiary/aromatic N) is 5. The number of ether oxygens (including phenoxy) is 2. The van der Waals surface area contributed by atoms with Crippen molar-refractivity contribution in [2.75, 3.05) is 72.5 Å². The van der Waals surface area contributed by atoms with Crippen molar-refractivity contribution >= 4 is 93.6 Å². The van der Waals surface area contributed by atoms with E-state index in [1.54, 1.807) is 60.3 Å². The maximum Gasteiger partial charge on any atom is 0.490 e. The van der Waals surface area contributed by atoms with Crippen LogP contribution in [0.4, 0.5) is 51.2 Å². The van der Waals surface area contributed by atoms with Crippen molar-refractivity contribution in [2.45, 2.75) is 26.1 Å². The zero-order valence-corrected chi connectivity index (χ0v) is 44.2. The van der Waals surface area contributed by atoms with Gasteiger partial charge in [0.1, 0.15) is 23.9 Å². The van der Waals surface area contributed by atoms with Crippen LogP contribution in [0.25, 0.3) is 6.08 Å². The number of hydrogen-bond donors (Lipinski definition) is 10. The maximum atomic E-state index is 13.6. The van der Waals surface area contributed by atoms with E-state index in [0.29, 0.717) is 52.9 Å². The Hall–Kier alpha value is -10.2. The molecule has 3 aliphatic rings. The summed E-state index contributed by atoms with van der Waals surface area (Å²) in [5, 5.41) is 50.3. The van der Waals surface area contributed by atoms with Crippen LogP contribution in [0.3, 0.4) is 0 Å². The van der Waals surface area contributed by atoms with Gasteiger partial charge in [0, 0.05) is 77.4 Å². The van der Waals surface area contributed by atoms with Gasteiger partial charge in [-0.15, -0.1) is 5.10 Å². The summed E-state index contributed by atoms with van der Waals surface area (Å²) in [4.78, 5) is 84.3. The summed E-state index contributed by atoms with van der Waals surface area (Å²) in [6, 6.07) is 31.7. The molecule has 0 radical (unpaired) electrons. The van der Waals surface area contributed by atoms with Crippen molar-refractivity contribution < 1.29 is 61.6 Å². The van der Waals surface area contributed by atoms with Gasteiger partial charge in [-0.1, -0.05) is 41.2 Å². The molecular formula is C55H52F3N13O10S. The first-order valence-corrected chi connectivity index (χ1v) is 26.0. The van der Waals surface area contributed by atoms with E-state index in [-0.39, 0.29) is 65.2 Å². The van der Waals surface area contributed by atoms with Crippen LogP contribution in [0.2, 0.25) is 0 Å². The Labute approximate surface area is 469 Å². The lowest BCUT2D eigenvalue weighted by Gasteiger charge is -2.14. The van der Waals surface area contributed by atoms with E-state index in [4.69, 9.17) is 19.4 Å². The molecule has 0 fully saturated rings. The predicted octanol–water partition coefficient (Wildman–Crippen LogP) is 7.20. The van der Waals surface area contributed by atoms with Crippen molar-refractivity contribution in [2.24, 2.45) is 9.98 Å². The van der Waals surface area contributed by atoms with E-state index < -0.39 is 41.9 Å². The lowest BCUT2D eigenvalue weighted by atomic mass is 10.1. The standard InChI is InChI=1S/C53H51N13O8S.C2HF3O2/c1-2-73-51(70)45-46(68)44(75-50(45)59-36-6-4-3-5-7-36)27-32-8-17-43(42(67)26-32)74-25-24-66-31-39(64-65-66)18-19-58-49(69)35-28-40(62-52(71)60-37-13-9-33(10-14-37)47-54-20-21-55-47)30-41(29-35)63-53(72)61-38-15-11-34(12-16-38)48-56-22-23-57-48;3-2(4,5)1(6)7/h3-17,26-31,59,67H,2,18-25H2,1H3,(H,54,55)(H,56,57)(H,58,69)(H2,60,62,71)(H2,61,63,72);(H,6,7)/b44-27-;. The molecule has 5 amide bonds. The highest BCUT2D eigenvalue weighted by atomic mass is 32.2. The normalized spacial score (nSPS) is 14.0. The van der Waals surface area contributed by atoms with Gasteiger partial charge < -0.3 is 62.2 Å². The first-order chi connectivity index (χ1) is 39.5. The third-order valence-corrected chi connectivity index (χ3v) is 12.7. The number of nitrogens with one attached hydrogen (secondary N) is 8. The molecule has 27 heteroatoms. The second kappa shape index (κ2) is 27.1. The summed E-state index contributed by atoms with van der Waals surface area (Å²) in [7, 11) is 0. The summed E-state index contributed by atoms with van der Waals surface area (Å²) in [5.74, 6) is -2.80. The number of aromatic nitrogens is 3. The number of amides is 5. The number of benzene rings is 5. The summed E-state index contributed by atoms with van der Waals surface area (Å²) in [6.45, 7) is 5.31. The SMILES string of the molecule is CCOC(=O)C1=C(Nc2ccccc2)S/C(=C\c2ccc(OCCn3cc(CCNC(=O)c4cc(NC(=O)Nc5ccc(C6=NCCN6)cc5)cc(NC(=O)Nc5ccc(C6=NCCN6)cc5)c4)nn3)c(O)c2)C1=O.O=C(O)C(F)(F)F. The number of esters is 1. The Bertz CT molecular complexity index is 3380. The van der Waals surface area contributed by atoms with Crippen LogP contribution < -0.4 is 47.3 Å². The first-order valence-electron chi connectivity index (χ1n) is 25.2. The molecule has 3 aliphatic heterocycles. The summed E-state index contributed by atoms with van der Waals surface area (Å²) < 4.78 is 44.3. The zero-order chi connectivity index (χ0) is 58.2. The van der Waals surface area contributed by atoms with Gasteiger partial charge in [-0.3, -0.25) is 19.6 Å². The summed E-state index contributed by atoms with van der Waals surface area (Å²) >= 11 is 1.10. The van der Waals surface area contributed by atoms with Gasteiger partial charge in [-0.05, 0) is 110 Å². The van der Waals surface area contributed by atoms with Crippen molar-refractivity contribution in [1.82, 2.24) is 30.9 Å². The Balaban J connectivity index is 0.00000118. The number of phenols is 1. The number of alkyl halides is 3. The zero-order valence-electron chi connectivity index (χ0n) is 43.4. The monoisotopic (exact) mass is 1140 g/mol. The minimum absolute atomic E-state index is 0.0921. The van der Waals surface area contributed by atoms with Crippen molar-refractivity contribution in [1.29, 1.82) is 0 Å². The number of carboxylic acids is 1. The maximum absolute atomic E-state index is 13.6. The number of ketones is 1. The fourth-order valence-electron chi connectivity index (χ4n) is 7.87. The highest BCUT2D eigenvalue weighted by Crippen LogP contribution is 2.41. The minimum Gasteiger partial charge on any atom is -0.504 e. The predicted molar refractivity (Wildman–Crippen MR) is 301 cm³/mol. The molecule has 424 valence electrons. The number of aliphatic imine (C=N–C) groups is 2. The molecular weight excluding hydrogens is 1090 g/mol. The third kappa shape index (κ3) is 16.2. The van der Waals surface area contributed by atoms with Crippen LogP contribution in [0.15, 0.2) is 147 Å². The molecule has 9 rings (SSSR count). The van der Waals surface area contributed by atoms with Crippen LogP contribution >= 0.6 is 11.8 Å². The van der Waals surface area contributed by atoms with E-state index >= 15 is 0 Å². The van der Waals surface area contributed by atoms with E-state index in [1.165, 1.54) is 24.3 Å². The number of para-hydroxylation sites is 1. The number of thioether (sulfide) groups is 1. The number of amidine groups is 2. The topological polar surface area (TPSA) is 313 Å².